The predicted octanol–water partition coefficient (Wildman–Crippen LogP) is 1.21. The Morgan fingerprint density at radius 2 is 2.00 bits per heavy atom. The minimum absolute atomic E-state index is 0.0269. The van der Waals surface area contributed by atoms with Crippen LogP contribution in [0.3, 0.4) is 0 Å². The van der Waals surface area contributed by atoms with Gasteiger partial charge in [-0.1, -0.05) is 6.07 Å². The Bertz CT molecular complexity index is 810. The van der Waals surface area contributed by atoms with Gasteiger partial charge in [0.15, 0.2) is 5.78 Å². The molecule has 1 N–H and O–H groups in total. The number of aromatic nitrogens is 1. The van der Waals surface area contributed by atoms with Gasteiger partial charge >= 0.3 is 0 Å². The van der Waals surface area contributed by atoms with Gasteiger partial charge in [-0.25, -0.2) is 4.39 Å². The van der Waals surface area contributed by atoms with Gasteiger partial charge in [-0.15, -0.1) is 0 Å². The van der Waals surface area contributed by atoms with Crippen molar-refractivity contribution in [3.05, 3.63) is 45.6 Å². The standard InChI is InChI=1S/C14H11FN2O3/c1-7(18)17-5-11-13(12(19)6-17)9-3-2-8(15)4-10(9)14(20)16-11/h2-4H,5-6H2,1H3,(H,16,20). The highest BCUT2D eigenvalue weighted by Gasteiger charge is 2.27. The van der Waals surface area contributed by atoms with Crippen molar-refractivity contribution < 1.29 is 14.0 Å². The second kappa shape index (κ2) is 4.26. The van der Waals surface area contributed by atoms with E-state index in [0.717, 1.165) is 6.07 Å². The SMILES string of the molecule is CC(=O)N1CC(=O)c2c([nH]c(=O)c3cc(F)ccc23)C1. The molecule has 1 aromatic carbocycles. The van der Waals surface area contributed by atoms with Crippen molar-refractivity contribution in [1.82, 2.24) is 9.88 Å². The summed E-state index contributed by atoms with van der Waals surface area (Å²) in [5, 5.41) is 0.576. The van der Waals surface area contributed by atoms with Crippen molar-refractivity contribution in [2.75, 3.05) is 6.54 Å². The van der Waals surface area contributed by atoms with E-state index >= 15 is 0 Å². The number of aromatic amines is 1. The Hall–Kier alpha value is -2.50. The third-order valence-electron chi connectivity index (χ3n) is 3.47. The average molecular weight is 274 g/mol. The fourth-order valence-corrected chi connectivity index (χ4v) is 2.51. The number of benzene rings is 1. The maximum atomic E-state index is 13.2. The second-order valence-corrected chi connectivity index (χ2v) is 4.80. The topological polar surface area (TPSA) is 70.2 Å². The van der Waals surface area contributed by atoms with Gasteiger partial charge in [-0.3, -0.25) is 14.4 Å². The summed E-state index contributed by atoms with van der Waals surface area (Å²) in [6.45, 7) is 1.52. The van der Waals surface area contributed by atoms with E-state index in [1.54, 1.807) is 0 Å². The Labute approximate surface area is 113 Å². The number of carbonyl (C=O) groups is 2. The molecule has 0 fully saturated rings. The molecule has 0 unspecified atom stereocenters. The number of nitrogens with zero attached hydrogens (tertiary/aromatic N) is 1. The summed E-state index contributed by atoms with van der Waals surface area (Å²) in [6, 6.07) is 3.76. The molecule has 2 heterocycles. The summed E-state index contributed by atoms with van der Waals surface area (Å²) in [6.07, 6.45) is 0. The number of carbonyl (C=O) groups excluding carboxylic acids is 2. The highest BCUT2D eigenvalue weighted by molar-refractivity contribution is 6.11. The molecule has 1 amide bonds. The number of hydrogen-bond donors (Lipinski definition) is 1. The number of ketones is 1. The molecule has 5 nitrogen and oxygen atoms in total. The maximum absolute atomic E-state index is 13.2. The first-order chi connectivity index (χ1) is 9.47. The Morgan fingerprint density at radius 1 is 1.25 bits per heavy atom. The lowest BCUT2D eigenvalue weighted by Crippen LogP contribution is -2.39. The van der Waals surface area contributed by atoms with E-state index in [-0.39, 0.29) is 30.2 Å². The normalized spacial score (nSPS) is 14.5. The number of Topliss-reactive ketones (excluding diaryl/α,β-unsaturated/α-hetero) is 1. The molecule has 3 rings (SSSR count). The highest BCUT2D eigenvalue weighted by atomic mass is 19.1. The monoisotopic (exact) mass is 274 g/mol. The Morgan fingerprint density at radius 3 is 2.70 bits per heavy atom. The van der Waals surface area contributed by atoms with Crippen LogP contribution in [0.15, 0.2) is 23.0 Å². The molecule has 0 aliphatic carbocycles. The summed E-state index contributed by atoms with van der Waals surface area (Å²) >= 11 is 0. The molecule has 20 heavy (non-hydrogen) atoms. The number of halogens is 1. The van der Waals surface area contributed by atoms with Crippen molar-refractivity contribution >= 4 is 22.5 Å². The number of hydrogen-bond acceptors (Lipinski definition) is 3. The molecule has 0 atom stereocenters. The zero-order valence-corrected chi connectivity index (χ0v) is 10.7. The lowest BCUT2D eigenvalue weighted by atomic mass is 9.97. The quantitative estimate of drug-likeness (QED) is 0.785. The molecule has 1 aliphatic heterocycles. The lowest BCUT2D eigenvalue weighted by Gasteiger charge is -2.27. The van der Waals surface area contributed by atoms with Crippen LogP contribution < -0.4 is 5.56 Å². The Balaban J connectivity index is 2.30. The molecular weight excluding hydrogens is 263 g/mol. The number of amides is 1. The van der Waals surface area contributed by atoms with Crippen molar-refractivity contribution in [3.63, 3.8) is 0 Å². The number of pyridine rings is 1. The number of fused-ring (bicyclic) bond motifs is 3. The van der Waals surface area contributed by atoms with Crippen LogP contribution in [0.4, 0.5) is 4.39 Å². The minimum atomic E-state index is -0.531. The molecule has 0 saturated carbocycles. The molecule has 1 aromatic heterocycles. The smallest absolute Gasteiger partial charge is 0.256 e. The van der Waals surface area contributed by atoms with Gasteiger partial charge in [0, 0.05) is 23.6 Å². The van der Waals surface area contributed by atoms with Crippen LogP contribution in [0.25, 0.3) is 10.8 Å². The van der Waals surface area contributed by atoms with Crippen molar-refractivity contribution in [1.29, 1.82) is 0 Å². The van der Waals surface area contributed by atoms with E-state index in [2.05, 4.69) is 4.98 Å². The van der Waals surface area contributed by atoms with Crippen molar-refractivity contribution in [2.24, 2.45) is 0 Å². The van der Waals surface area contributed by atoms with Gasteiger partial charge in [-0.05, 0) is 12.1 Å². The third kappa shape index (κ3) is 1.80. The van der Waals surface area contributed by atoms with Crippen LogP contribution in [0.5, 0.6) is 0 Å². The van der Waals surface area contributed by atoms with Crippen LogP contribution in [-0.2, 0) is 11.3 Å². The summed E-state index contributed by atoms with van der Waals surface area (Å²) in [4.78, 5) is 39.5. The number of nitrogens with one attached hydrogen (secondary N) is 1. The molecule has 6 heteroatoms. The summed E-state index contributed by atoms with van der Waals surface area (Å²) in [5.41, 5.74) is 0.314. The number of H-pyrrole nitrogens is 1. The first kappa shape index (κ1) is 12.5. The van der Waals surface area contributed by atoms with Gasteiger partial charge in [0.2, 0.25) is 5.91 Å². The second-order valence-electron chi connectivity index (χ2n) is 4.80. The first-order valence-corrected chi connectivity index (χ1v) is 6.10. The zero-order chi connectivity index (χ0) is 14.4. The Kier molecular flexibility index (Phi) is 2.67. The van der Waals surface area contributed by atoms with E-state index < -0.39 is 11.4 Å². The van der Waals surface area contributed by atoms with Crippen LogP contribution in [-0.4, -0.2) is 28.1 Å². The molecule has 102 valence electrons. The molecule has 0 spiro atoms. The summed E-state index contributed by atoms with van der Waals surface area (Å²) in [5.74, 6) is -1.02. The van der Waals surface area contributed by atoms with Crippen molar-refractivity contribution in [3.8, 4) is 0 Å². The van der Waals surface area contributed by atoms with E-state index in [4.69, 9.17) is 0 Å². The van der Waals surface area contributed by atoms with Crippen LogP contribution in [0, 0.1) is 5.82 Å². The molecular formula is C14H11FN2O3. The first-order valence-electron chi connectivity index (χ1n) is 6.10. The summed E-state index contributed by atoms with van der Waals surface area (Å²) in [7, 11) is 0. The van der Waals surface area contributed by atoms with Gasteiger partial charge in [0.05, 0.1) is 18.5 Å². The maximum Gasteiger partial charge on any atom is 0.256 e. The van der Waals surface area contributed by atoms with Gasteiger partial charge in [-0.2, -0.15) is 0 Å². The minimum Gasteiger partial charge on any atom is -0.329 e. The fourth-order valence-electron chi connectivity index (χ4n) is 2.51. The molecule has 0 radical (unpaired) electrons. The van der Waals surface area contributed by atoms with Crippen LogP contribution in [0.2, 0.25) is 0 Å². The predicted molar refractivity (Wildman–Crippen MR) is 69.9 cm³/mol. The highest BCUT2D eigenvalue weighted by Crippen LogP contribution is 2.24. The van der Waals surface area contributed by atoms with E-state index in [9.17, 15) is 18.8 Å². The van der Waals surface area contributed by atoms with Gasteiger partial charge in [0.1, 0.15) is 5.82 Å². The summed E-state index contributed by atoms with van der Waals surface area (Å²) < 4.78 is 13.2. The lowest BCUT2D eigenvalue weighted by molar-refractivity contribution is -0.129. The third-order valence-corrected chi connectivity index (χ3v) is 3.47. The molecule has 0 saturated heterocycles. The number of rotatable bonds is 0. The molecule has 0 bridgehead atoms. The van der Waals surface area contributed by atoms with Crippen molar-refractivity contribution in [2.45, 2.75) is 13.5 Å². The zero-order valence-electron chi connectivity index (χ0n) is 10.7. The fraction of sp³-hybridized carbons (Fsp3) is 0.214. The molecule has 2 aromatic rings. The largest absolute Gasteiger partial charge is 0.329 e. The van der Waals surface area contributed by atoms with Gasteiger partial charge in [0.25, 0.3) is 5.56 Å². The van der Waals surface area contributed by atoms with E-state index in [1.165, 1.54) is 24.0 Å². The van der Waals surface area contributed by atoms with E-state index in [1.807, 2.05) is 0 Å². The van der Waals surface area contributed by atoms with Crippen LogP contribution in [0.1, 0.15) is 23.0 Å². The van der Waals surface area contributed by atoms with E-state index in [0.29, 0.717) is 16.6 Å². The average Bonchev–Trinajstić information content (AvgIpc) is 2.38. The van der Waals surface area contributed by atoms with Crippen LogP contribution >= 0.6 is 0 Å². The van der Waals surface area contributed by atoms with Gasteiger partial charge < -0.3 is 9.88 Å². The molecule has 1 aliphatic rings.